The van der Waals surface area contributed by atoms with Crippen molar-refractivity contribution in [1.29, 1.82) is 0 Å². The Labute approximate surface area is 123 Å². The van der Waals surface area contributed by atoms with Crippen molar-refractivity contribution >= 4 is 23.6 Å². The Bertz CT molecular complexity index is 500. The van der Waals surface area contributed by atoms with Gasteiger partial charge in [-0.15, -0.1) is 11.8 Å². The first kappa shape index (κ1) is 14.9. The number of likely N-dealkylation sites (tertiary alicyclic amines) is 1. The molecule has 2 rings (SSSR count). The van der Waals surface area contributed by atoms with Gasteiger partial charge in [0.05, 0.1) is 5.75 Å². The molecule has 108 valence electrons. The standard InChI is InChI=1S/C15H19NO3S/c1-10-3-5-12(6-4-10)20-9-13(17)16-8-7-11(2)14(16)15(18)19/h3-6,11,14H,7-9H2,1-2H3,(H,18,19). The molecule has 1 fully saturated rings. The van der Waals surface area contributed by atoms with Gasteiger partial charge in [0.1, 0.15) is 6.04 Å². The van der Waals surface area contributed by atoms with E-state index in [2.05, 4.69) is 0 Å². The number of carbonyl (C=O) groups is 2. The fourth-order valence-electron chi connectivity index (χ4n) is 2.47. The summed E-state index contributed by atoms with van der Waals surface area (Å²) < 4.78 is 0. The molecule has 0 aromatic heterocycles. The van der Waals surface area contributed by atoms with Crippen molar-refractivity contribution in [3.05, 3.63) is 29.8 Å². The molecule has 1 saturated heterocycles. The first-order valence-corrected chi connectivity index (χ1v) is 7.69. The number of hydrogen-bond acceptors (Lipinski definition) is 3. The van der Waals surface area contributed by atoms with E-state index >= 15 is 0 Å². The van der Waals surface area contributed by atoms with E-state index in [1.807, 2.05) is 38.1 Å². The topological polar surface area (TPSA) is 57.6 Å². The van der Waals surface area contributed by atoms with Crippen LogP contribution in [0.5, 0.6) is 0 Å². The largest absolute Gasteiger partial charge is 0.480 e. The molecule has 2 unspecified atom stereocenters. The summed E-state index contributed by atoms with van der Waals surface area (Å²) in [6.45, 7) is 4.45. The molecule has 0 spiro atoms. The zero-order valence-electron chi connectivity index (χ0n) is 11.7. The van der Waals surface area contributed by atoms with Crippen molar-refractivity contribution in [2.24, 2.45) is 5.92 Å². The van der Waals surface area contributed by atoms with Gasteiger partial charge in [0.25, 0.3) is 0 Å². The lowest BCUT2D eigenvalue weighted by molar-refractivity contribution is -0.148. The van der Waals surface area contributed by atoms with Crippen LogP contribution in [0.1, 0.15) is 18.9 Å². The number of nitrogens with zero attached hydrogens (tertiary/aromatic N) is 1. The molecular formula is C15H19NO3S. The number of rotatable bonds is 4. The summed E-state index contributed by atoms with van der Waals surface area (Å²) in [4.78, 5) is 26.0. The zero-order chi connectivity index (χ0) is 14.7. The predicted octanol–water partition coefficient (Wildman–Crippen LogP) is 2.41. The Morgan fingerprint density at radius 2 is 2.00 bits per heavy atom. The number of amides is 1. The second-order valence-corrected chi connectivity index (χ2v) is 6.29. The van der Waals surface area contributed by atoms with Crippen LogP contribution in [0.2, 0.25) is 0 Å². The summed E-state index contributed by atoms with van der Waals surface area (Å²) in [5, 5.41) is 9.22. The average Bonchev–Trinajstić information content (AvgIpc) is 2.80. The van der Waals surface area contributed by atoms with Crippen LogP contribution in [-0.2, 0) is 9.59 Å². The van der Waals surface area contributed by atoms with Crippen molar-refractivity contribution < 1.29 is 14.7 Å². The van der Waals surface area contributed by atoms with Gasteiger partial charge in [-0.25, -0.2) is 4.79 Å². The second-order valence-electron chi connectivity index (χ2n) is 5.24. The fraction of sp³-hybridized carbons (Fsp3) is 0.467. The fourth-order valence-corrected chi connectivity index (χ4v) is 3.25. The van der Waals surface area contributed by atoms with Crippen LogP contribution in [0.4, 0.5) is 0 Å². The third-order valence-electron chi connectivity index (χ3n) is 3.66. The first-order valence-electron chi connectivity index (χ1n) is 6.71. The molecule has 0 aliphatic carbocycles. The molecule has 1 aromatic rings. The van der Waals surface area contributed by atoms with E-state index in [4.69, 9.17) is 0 Å². The quantitative estimate of drug-likeness (QED) is 0.866. The van der Waals surface area contributed by atoms with Crippen LogP contribution in [0, 0.1) is 12.8 Å². The molecule has 1 aliphatic rings. The lowest BCUT2D eigenvalue weighted by Gasteiger charge is -2.23. The van der Waals surface area contributed by atoms with Gasteiger partial charge in [-0.3, -0.25) is 4.79 Å². The van der Waals surface area contributed by atoms with E-state index in [1.165, 1.54) is 22.2 Å². The molecule has 1 heterocycles. The lowest BCUT2D eigenvalue weighted by atomic mass is 10.0. The van der Waals surface area contributed by atoms with Gasteiger partial charge in [0.2, 0.25) is 5.91 Å². The third kappa shape index (κ3) is 3.33. The summed E-state index contributed by atoms with van der Waals surface area (Å²) in [7, 11) is 0. The molecule has 0 saturated carbocycles. The second kappa shape index (κ2) is 6.31. The van der Waals surface area contributed by atoms with Crippen molar-refractivity contribution in [1.82, 2.24) is 4.90 Å². The number of benzene rings is 1. The molecule has 0 bridgehead atoms. The summed E-state index contributed by atoms with van der Waals surface area (Å²) in [5.74, 6) is -0.670. The van der Waals surface area contributed by atoms with Crippen LogP contribution in [0.15, 0.2) is 29.2 Å². The number of carboxylic acid groups (broad SMARTS) is 1. The van der Waals surface area contributed by atoms with Gasteiger partial charge in [-0.05, 0) is 31.4 Å². The Morgan fingerprint density at radius 3 is 2.60 bits per heavy atom. The SMILES string of the molecule is Cc1ccc(SCC(=O)N2CCC(C)C2C(=O)O)cc1. The minimum absolute atomic E-state index is 0.0285. The normalized spacial score (nSPS) is 22.0. The van der Waals surface area contributed by atoms with Crippen molar-refractivity contribution in [3.8, 4) is 0 Å². The number of hydrogen-bond donors (Lipinski definition) is 1. The maximum absolute atomic E-state index is 12.2. The van der Waals surface area contributed by atoms with Gasteiger partial charge < -0.3 is 10.0 Å². The van der Waals surface area contributed by atoms with E-state index in [0.29, 0.717) is 12.3 Å². The Morgan fingerprint density at radius 1 is 1.35 bits per heavy atom. The van der Waals surface area contributed by atoms with Crippen molar-refractivity contribution in [2.45, 2.75) is 31.2 Å². The maximum Gasteiger partial charge on any atom is 0.326 e. The van der Waals surface area contributed by atoms with E-state index < -0.39 is 12.0 Å². The van der Waals surface area contributed by atoms with Crippen LogP contribution >= 0.6 is 11.8 Å². The highest BCUT2D eigenvalue weighted by Gasteiger charge is 2.39. The van der Waals surface area contributed by atoms with Crippen LogP contribution in [-0.4, -0.2) is 40.2 Å². The Balaban J connectivity index is 1.94. The summed E-state index contributed by atoms with van der Waals surface area (Å²) in [6.07, 6.45) is 0.762. The van der Waals surface area contributed by atoms with Crippen LogP contribution in [0.25, 0.3) is 0 Å². The smallest absolute Gasteiger partial charge is 0.326 e. The van der Waals surface area contributed by atoms with E-state index in [0.717, 1.165) is 11.3 Å². The number of carbonyl (C=O) groups excluding carboxylic acids is 1. The predicted molar refractivity (Wildman–Crippen MR) is 78.8 cm³/mol. The Hall–Kier alpha value is -1.49. The van der Waals surface area contributed by atoms with Crippen molar-refractivity contribution in [3.63, 3.8) is 0 Å². The molecule has 4 nitrogen and oxygen atoms in total. The minimum atomic E-state index is -0.899. The zero-order valence-corrected chi connectivity index (χ0v) is 12.5. The van der Waals surface area contributed by atoms with E-state index in [-0.39, 0.29) is 11.8 Å². The van der Waals surface area contributed by atoms with Gasteiger partial charge in [-0.2, -0.15) is 0 Å². The third-order valence-corrected chi connectivity index (χ3v) is 4.65. The highest BCUT2D eigenvalue weighted by molar-refractivity contribution is 8.00. The first-order chi connectivity index (χ1) is 9.49. The summed E-state index contributed by atoms with van der Waals surface area (Å²) in [6, 6.07) is 7.31. The van der Waals surface area contributed by atoms with Gasteiger partial charge >= 0.3 is 5.97 Å². The number of aliphatic carboxylic acids is 1. The lowest BCUT2D eigenvalue weighted by Crippen LogP contribution is -2.43. The Kier molecular flexibility index (Phi) is 4.70. The summed E-state index contributed by atoms with van der Waals surface area (Å²) >= 11 is 1.45. The van der Waals surface area contributed by atoms with Gasteiger partial charge in [-0.1, -0.05) is 24.6 Å². The average molecular weight is 293 g/mol. The highest BCUT2D eigenvalue weighted by Crippen LogP contribution is 2.26. The molecule has 1 aromatic carbocycles. The highest BCUT2D eigenvalue weighted by atomic mass is 32.2. The van der Waals surface area contributed by atoms with Crippen LogP contribution in [0.3, 0.4) is 0 Å². The molecule has 0 radical (unpaired) electrons. The molecule has 5 heteroatoms. The molecule has 1 amide bonds. The molecule has 20 heavy (non-hydrogen) atoms. The maximum atomic E-state index is 12.2. The number of aryl methyl sites for hydroxylation is 1. The molecule has 1 aliphatic heterocycles. The van der Waals surface area contributed by atoms with Crippen LogP contribution < -0.4 is 0 Å². The number of carboxylic acids is 1. The summed E-state index contributed by atoms with van der Waals surface area (Å²) in [5.41, 5.74) is 1.18. The minimum Gasteiger partial charge on any atom is -0.480 e. The van der Waals surface area contributed by atoms with Gasteiger partial charge in [0.15, 0.2) is 0 Å². The monoisotopic (exact) mass is 293 g/mol. The van der Waals surface area contributed by atoms with E-state index in [9.17, 15) is 14.7 Å². The molecular weight excluding hydrogens is 274 g/mol. The van der Waals surface area contributed by atoms with Crippen molar-refractivity contribution in [2.75, 3.05) is 12.3 Å². The number of thioether (sulfide) groups is 1. The van der Waals surface area contributed by atoms with E-state index in [1.54, 1.807) is 0 Å². The molecule has 1 N–H and O–H groups in total. The van der Waals surface area contributed by atoms with Gasteiger partial charge in [0, 0.05) is 11.4 Å². The molecule has 2 atom stereocenters.